The van der Waals surface area contributed by atoms with Crippen molar-refractivity contribution in [3.8, 4) is 0 Å². The summed E-state index contributed by atoms with van der Waals surface area (Å²) in [6, 6.07) is 0. The predicted octanol–water partition coefficient (Wildman–Crippen LogP) is 3.58. The molecule has 0 aliphatic heterocycles. The molecule has 3 nitrogen and oxygen atoms in total. The van der Waals surface area contributed by atoms with Crippen LogP contribution in [-0.2, 0) is 13.1 Å². The molecule has 0 atom stereocenters. The third-order valence-electron chi connectivity index (χ3n) is 4.42. The molecule has 3 heteroatoms. The molecule has 0 spiro atoms. The van der Waals surface area contributed by atoms with Crippen molar-refractivity contribution in [2.45, 2.75) is 72.4 Å². The first-order valence-electron chi connectivity index (χ1n) is 7.96. The van der Waals surface area contributed by atoms with Gasteiger partial charge in [0.15, 0.2) is 0 Å². The lowest BCUT2D eigenvalue weighted by atomic mass is 9.89. The van der Waals surface area contributed by atoms with Crippen LogP contribution in [0.4, 0.5) is 0 Å². The molecule has 0 bridgehead atoms. The number of hydrogen-bond donors (Lipinski definition) is 1. The molecule has 0 unspecified atom stereocenters. The second-order valence-electron chi connectivity index (χ2n) is 6.01. The number of aromatic nitrogens is 2. The Bertz CT molecular complexity index is 389. The molecular formula is C16H29N3. The normalized spacial score (nSPS) is 17.0. The molecule has 1 aromatic heterocycles. The fraction of sp³-hybridized carbons (Fsp3) is 0.812. The average molecular weight is 263 g/mol. The van der Waals surface area contributed by atoms with Crippen molar-refractivity contribution in [2.24, 2.45) is 5.92 Å². The zero-order valence-corrected chi connectivity index (χ0v) is 12.8. The van der Waals surface area contributed by atoms with Crippen LogP contribution in [0.2, 0.25) is 0 Å². The van der Waals surface area contributed by atoms with E-state index in [1.807, 2.05) is 0 Å². The molecule has 0 aromatic carbocycles. The van der Waals surface area contributed by atoms with Crippen LogP contribution in [-0.4, -0.2) is 16.3 Å². The summed E-state index contributed by atoms with van der Waals surface area (Å²) in [5, 5.41) is 8.26. The van der Waals surface area contributed by atoms with E-state index in [2.05, 4.69) is 30.8 Å². The van der Waals surface area contributed by atoms with E-state index in [0.29, 0.717) is 0 Å². The van der Waals surface area contributed by atoms with E-state index in [1.54, 1.807) is 0 Å². The largest absolute Gasteiger partial charge is 0.313 e. The van der Waals surface area contributed by atoms with Gasteiger partial charge in [-0.1, -0.05) is 26.2 Å². The second-order valence-corrected chi connectivity index (χ2v) is 6.01. The second kappa shape index (κ2) is 7.09. The van der Waals surface area contributed by atoms with Crippen LogP contribution in [0.5, 0.6) is 0 Å². The predicted molar refractivity (Wildman–Crippen MR) is 80.3 cm³/mol. The number of aryl methyl sites for hydroxylation is 1. The summed E-state index contributed by atoms with van der Waals surface area (Å²) in [5.74, 6) is 0.850. The van der Waals surface area contributed by atoms with Gasteiger partial charge in [0, 0.05) is 24.3 Å². The minimum absolute atomic E-state index is 0.850. The SMILES string of the molecule is CCCNCc1c(C)nn(CC2CCCCC2)c1C. The summed E-state index contributed by atoms with van der Waals surface area (Å²) in [7, 11) is 0. The van der Waals surface area contributed by atoms with Crippen molar-refractivity contribution >= 4 is 0 Å². The van der Waals surface area contributed by atoms with Crippen LogP contribution >= 0.6 is 0 Å². The van der Waals surface area contributed by atoms with E-state index in [4.69, 9.17) is 5.10 Å². The molecule has 1 N–H and O–H groups in total. The maximum atomic E-state index is 4.76. The van der Waals surface area contributed by atoms with Gasteiger partial charge in [-0.3, -0.25) is 4.68 Å². The molecule has 108 valence electrons. The Morgan fingerprint density at radius 1 is 1.21 bits per heavy atom. The molecule has 1 fully saturated rings. The van der Waals surface area contributed by atoms with Crippen LogP contribution in [0.25, 0.3) is 0 Å². The van der Waals surface area contributed by atoms with Gasteiger partial charge in [-0.2, -0.15) is 5.10 Å². The average Bonchev–Trinajstić information content (AvgIpc) is 2.68. The van der Waals surface area contributed by atoms with Gasteiger partial charge < -0.3 is 5.32 Å². The lowest BCUT2D eigenvalue weighted by Gasteiger charge is -2.22. The summed E-state index contributed by atoms with van der Waals surface area (Å²) in [4.78, 5) is 0. The van der Waals surface area contributed by atoms with Gasteiger partial charge in [0.2, 0.25) is 0 Å². The molecule has 0 amide bonds. The number of nitrogens with one attached hydrogen (secondary N) is 1. The lowest BCUT2D eigenvalue weighted by molar-refractivity contribution is 0.305. The quantitative estimate of drug-likeness (QED) is 0.795. The first-order chi connectivity index (χ1) is 9.22. The summed E-state index contributed by atoms with van der Waals surface area (Å²) in [6.45, 7) is 9.77. The standard InChI is InChI=1S/C16H29N3/c1-4-10-17-11-16-13(2)18-19(14(16)3)12-15-8-6-5-7-9-15/h15,17H,4-12H2,1-3H3. The summed E-state index contributed by atoms with van der Waals surface area (Å²) < 4.78 is 2.26. The van der Waals surface area contributed by atoms with Gasteiger partial charge in [0.1, 0.15) is 0 Å². The van der Waals surface area contributed by atoms with Crippen LogP contribution in [0.3, 0.4) is 0 Å². The third kappa shape index (κ3) is 3.82. The Labute approximate surface area is 117 Å². The van der Waals surface area contributed by atoms with E-state index in [9.17, 15) is 0 Å². The highest BCUT2D eigenvalue weighted by molar-refractivity contribution is 5.24. The molecule has 1 saturated carbocycles. The molecule has 1 heterocycles. The first-order valence-corrected chi connectivity index (χ1v) is 7.96. The zero-order chi connectivity index (χ0) is 13.7. The Hall–Kier alpha value is -0.830. The molecular weight excluding hydrogens is 234 g/mol. The van der Waals surface area contributed by atoms with Crippen LogP contribution < -0.4 is 5.32 Å². The molecule has 0 saturated heterocycles. The molecule has 1 aliphatic rings. The van der Waals surface area contributed by atoms with Gasteiger partial charge in [-0.15, -0.1) is 0 Å². The Morgan fingerprint density at radius 2 is 1.95 bits per heavy atom. The van der Waals surface area contributed by atoms with Crippen molar-refractivity contribution < 1.29 is 0 Å². The monoisotopic (exact) mass is 263 g/mol. The van der Waals surface area contributed by atoms with E-state index in [-0.39, 0.29) is 0 Å². The van der Waals surface area contributed by atoms with Gasteiger partial charge >= 0.3 is 0 Å². The summed E-state index contributed by atoms with van der Waals surface area (Å²) in [6.07, 6.45) is 8.22. The molecule has 1 aliphatic carbocycles. The Morgan fingerprint density at radius 3 is 2.63 bits per heavy atom. The van der Waals surface area contributed by atoms with E-state index in [1.165, 1.54) is 55.5 Å². The highest BCUT2D eigenvalue weighted by Gasteiger charge is 2.17. The zero-order valence-electron chi connectivity index (χ0n) is 12.8. The van der Waals surface area contributed by atoms with Crippen molar-refractivity contribution in [1.82, 2.24) is 15.1 Å². The smallest absolute Gasteiger partial charge is 0.0641 e. The minimum Gasteiger partial charge on any atom is -0.313 e. The highest BCUT2D eigenvalue weighted by Crippen LogP contribution is 2.26. The van der Waals surface area contributed by atoms with Crippen molar-refractivity contribution in [3.05, 3.63) is 17.0 Å². The maximum Gasteiger partial charge on any atom is 0.0641 e. The van der Waals surface area contributed by atoms with E-state index < -0.39 is 0 Å². The minimum atomic E-state index is 0.850. The van der Waals surface area contributed by atoms with Crippen LogP contribution in [0, 0.1) is 19.8 Å². The fourth-order valence-corrected chi connectivity index (χ4v) is 3.17. The first kappa shape index (κ1) is 14.6. The number of nitrogens with zero attached hydrogens (tertiary/aromatic N) is 2. The van der Waals surface area contributed by atoms with Gasteiger partial charge in [0.05, 0.1) is 5.69 Å². The molecule has 2 rings (SSSR count). The molecule has 1 aromatic rings. The summed E-state index contributed by atoms with van der Waals surface area (Å²) >= 11 is 0. The van der Waals surface area contributed by atoms with Crippen LogP contribution in [0.15, 0.2) is 0 Å². The van der Waals surface area contributed by atoms with Crippen molar-refractivity contribution in [3.63, 3.8) is 0 Å². The van der Waals surface area contributed by atoms with E-state index in [0.717, 1.165) is 25.6 Å². The number of rotatable bonds is 6. The van der Waals surface area contributed by atoms with Gasteiger partial charge in [-0.25, -0.2) is 0 Å². The topological polar surface area (TPSA) is 29.9 Å². The van der Waals surface area contributed by atoms with Gasteiger partial charge in [-0.05, 0) is 45.6 Å². The highest BCUT2D eigenvalue weighted by atomic mass is 15.3. The maximum absolute atomic E-state index is 4.76. The van der Waals surface area contributed by atoms with Crippen molar-refractivity contribution in [2.75, 3.05) is 6.54 Å². The van der Waals surface area contributed by atoms with E-state index >= 15 is 0 Å². The Kier molecular flexibility index (Phi) is 5.44. The Balaban J connectivity index is 1.98. The fourth-order valence-electron chi connectivity index (χ4n) is 3.17. The molecule has 19 heavy (non-hydrogen) atoms. The summed E-state index contributed by atoms with van der Waals surface area (Å²) in [5.41, 5.74) is 3.98. The molecule has 0 radical (unpaired) electrons. The van der Waals surface area contributed by atoms with Crippen LogP contribution in [0.1, 0.15) is 62.4 Å². The number of hydrogen-bond acceptors (Lipinski definition) is 2. The lowest BCUT2D eigenvalue weighted by Crippen LogP contribution is -2.17. The third-order valence-corrected chi connectivity index (χ3v) is 4.42. The van der Waals surface area contributed by atoms with Gasteiger partial charge in [0.25, 0.3) is 0 Å². The van der Waals surface area contributed by atoms with Crippen molar-refractivity contribution in [1.29, 1.82) is 0 Å².